The summed E-state index contributed by atoms with van der Waals surface area (Å²) in [6.45, 7) is -0.289. The molecule has 4 rings (SSSR count). The third-order valence-corrected chi connectivity index (χ3v) is 5.03. The molecule has 0 saturated heterocycles. The summed E-state index contributed by atoms with van der Waals surface area (Å²) in [4.78, 5) is 32.3. The van der Waals surface area contributed by atoms with Crippen LogP contribution in [0.1, 0.15) is 27.7 Å². The van der Waals surface area contributed by atoms with E-state index in [1.807, 2.05) is 30.3 Å². The number of rotatable bonds is 4. The monoisotopic (exact) mass is 404 g/mol. The van der Waals surface area contributed by atoms with Crippen molar-refractivity contribution in [3.63, 3.8) is 0 Å². The number of aliphatic hydroxyl groups excluding tert-OH is 2. The number of nitrogens with zero attached hydrogens (tertiary/aromatic N) is 3. The number of aliphatic hydroxyl groups is 2. The van der Waals surface area contributed by atoms with Gasteiger partial charge in [-0.3, -0.25) is 14.7 Å². The van der Waals surface area contributed by atoms with Gasteiger partial charge in [0.2, 0.25) is 0 Å². The van der Waals surface area contributed by atoms with E-state index < -0.39 is 12.3 Å². The molecule has 3 N–H and O–H groups in total. The maximum atomic E-state index is 12.9. The van der Waals surface area contributed by atoms with Gasteiger partial charge < -0.3 is 20.4 Å². The van der Waals surface area contributed by atoms with Crippen LogP contribution in [-0.4, -0.2) is 34.2 Å². The lowest BCUT2D eigenvalue weighted by Gasteiger charge is -2.35. The maximum absolute atomic E-state index is 12.9. The first kappa shape index (κ1) is 19.6. The average Bonchev–Trinajstić information content (AvgIpc) is 2.78. The first-order chi connectivity index (χ1) is 14.5. The molecule has 0 spiro atoms. The second-order valence-electron chi connectivity index (χ2n) is 6.84. The number of pyridine rings is 1. The molecular formula is C22H20N4O4. The number of anilines is 3. The van der Waals surface area contributed by atoms with E-state index in [1.54, 1.807) is 25.2 Å². The van der Waals surface area contributed by atoms with Gasteiger partial charge in [-0.25, -0.2) is 4.79 Å². The Morgan fingerprint density at radius 1 is 1.17 bits per heavy atom. The number of hydrogen-bond acceptors (Lipinski definition) is 5. The minimum absolute atomic E-state index is 0.255. The molecule has 152 valence electrons. The van der Waals surface area contributed by atoms with E-state index in [-0.39, 0.29) is 23.8 Å². The van der Waals surface area contributed by atoms with E-state index in [0.717, 1.165) is 4.90 Å². The molecule has 3 amide bonds. The van der Waals surface area contributed by atoms with Crippen LogP contribution in [0.3, 0.4) is 0 Å². The smallest absolute Gasteiger partial charge is 0.328 e. The zero-order chi connectivity index (χ0) is 21.3. The lowest BCUT2D eigenvalue weighted by molar-refractivity contribution is 0.0992. The molecule has 3 aromatic rings. The van der Waals surface area contributed by atoms with Gasteiger partial charge >= 0.3 is 6.03 Å². The highest BCUT2D eigenvalue weighted by atomic mass is 16.3. The van der Waals surface area contributed by atoms with Gasteiger partial charge in [0.25, 0.3) is 5.91 Å². The van der Waals surface area contributed by atoms with Crippen LogP contribution in [0.25, 0.3) is 0 Å². The number of aromatic nitrogens is 1. The van der Waals surface area contributed by atoms with Crippen LogP contribution in [0.5, 0.6) is 0 Å². The summed E-state index contributed by atoms with van der Waals surface area (Å²) < 4.78 is 0. The maximum Gasteiger partial charge on any atom is 0.328 e. The van der Waals surface area contributed by atoms with Crippen LogP contribution in [0.15, 0.2) is 67.0 Å². The van der Waals surface area contributed by atoms with Gasteiger partial charge in [0, 0.05) is 24.5 Å². The van der Waals surface area contributed by atoms with Gasteiger partial charge in [-0.2, -0.15) is 0 Å². The number of benzene rings is 2. The normalized spacial score (nSPS) is 15.4. The highest BCUT2D eigenvalue weighted by molar-refractivity contribution is 6.08. The fraction of sp³-hybridized carbons (Fsp3) is 0.136. The van der Waals surface area contributed by atoms with Crippen molar-refractivity contribution < 1.29 is 19.8 Å². The standard InChI is InChI=1S/C22H20N4O4/c1-25(16-7-3-2-4-8-16)20(28)15-10-17(12-23-11-15)26-21(29)19-14(13-27)6-5-9-18(19)24-22(26)30/h2-12,21,27,29H,13H2,1H3,(H,24,30). The molecule has 1 aromatic heterocycles. The molecule has 1 atom stereocenters. The summed E-state index contributed by atoms with van der Waals surface area (Å²) in [5.74, 6) is -0.307. The van der Waals surface area contributed by atoms with E-state index >= 15 is 0 Å². The Labute approximate surface area is 173 Å². The van der Waals surface area contributed by atoms with Gasteiger partial charge in [0.05, 0.1) is 29.7 Å². The third kappa shape index (κ3) is 3.38. The lowest BCUT2D eigenvalue weighted by Crippen LogP contribution is -2.43. The number of carbonyl (C=O) groups excluding carboxylic acids is 2. The molecule has 8 nitrogen and oxygen atoms in total. The Balaban J connectivity index is 1.68. The molecular weight excluding hydrogens is 384 g/mol. The first-order valence-corrected chi connectivity index (χ1v) is 9.30. The van der Waals surface area contributed by atoms with Crippen LogP contribution in [0.2, 0.25) is 0 Å². The van der Waals surface area contributed by atoms with Crippen molar-refractivity contribution in [2.45, 2.75) is 12.8 Å². The second-order valence-corrected chi connectivity index (χ2v) is 6.84. The van der Waals surface area contributed by atoms with E-state index in [4.69, 9.17) is 0 Å². The van der Waals surface area contributed by atoms with E-state index in [9.17, 15) is 19.8 Å². The highest BCUT2D eigenvalue weighted by Gasteiger charge is 2.34. The Hall–Kier alpha value is -3.75. The van der Waals surface area contributed by atoms with Gasteiger partial charge in [0.15, 0.2) is 6.23 Å². The number of urea groups is 1. The largest absolute Gasteiger partial charge is 0.392 e. The van der Waals surface area contributed by atoms with Gasteiger partial charge in [-0.1, -0.05) is 30.3 Å². The molecule has 0 bridgehead atoms. The molecule has 8 heteroatoms. The Kier molecular flexibility index (Phi) is 5.18. The zero-order valence-electron chi connectivity index (χ0n) is 16.2. The predicted octanol–water partition coefficient (Wildman–Crippen LogP) is 2.89. The molecule has 30 heavy (non-hydrogen) atoms. The number of para-hydroxylation sites is 1. The topological polar surface area (TPSA) is 106 Å². The average molecular weight is 404 g/mol. The summed E-state index contributed by atoms with van der Waals surface area (Å²) in [5, 5.41) is 23.2. The van der Waals surface area contributed by atoms with E-state index in [1.165, 1.54) is 23.4 Å². The molecule has 2 aromatic carbocycles. The summed E-state index contributed by atoms with van der Waals surface area (Å²) in [5.41, 5.74) is 2.56. The highest BCUT2D eigenvalue weighted by Crippen LogP contribution is 2.37. The zero-order valence-corrected chi connectivity index (χ0v) is 16.2. The summed E-state index contributed by atoms with van der Waals surface area (Å²) >= 11 is 0. The van der Waals surface area contributed by atoms with Crippen molar-refractivity contribution in [3.8, 4) is 0 Å². The number of hydrogen-bond donors (Lipinski definition) is 3. The van der Waals surface area contributed by atoms with Crippen molar-refractivity contribution in [1.82, 2.24) is 4.98 Å². The molecule has 1 aliphatic rings. The van der Waals surface area contributed by atoms with E-state index in [0.29, 0.717) is 22.5 Å². The van der Waals surface area contributed by atoms with Crippen LogP contribution in [0.4, 0.5) is 21.9 Å². The first-order valence-electron chi connectivity index (χ1n) is 9.30. The predicted molar refractivity (Wildman–Crippen MR) is 112 cm³/mol. The molecule has 1 unspecified atom stereocenters. The fourth-order valence-corrected chi connectivity index (χ4v) is 3.48. The summed E-state index contributed by atoms with van der Waals surface area (Å²) in [6, 6.07) is 15.1. The quantitative estimate of drug-likeness (QED) is 0.620. The molecule has 0 aliphatic carbocycles. The molecule has 2 heterocycles. The SMILES string of the molecule is CN(C(=O)c1cncc(N2C(=O)Nc3cccc(CO)c3C2O)c1)c1ccccc1. The number of fused-ring (bicyclic) bond motifs is 1. The van der Waals surface area contributed by atoms with Crippen LogP contribution in [0, 0.1) is 0 Å². The molecule has 0 radical (unpaired) electrons. The third-order valence-electron chi connectivity index (χ3n) is 5.03. The fourth-order valence-electron chi connectivity index (χ4n) is 3.48. The van der Waals surface area contributed by atoms with Crippen molar-refractivity contribution in [2.75, 3.05) is 22.2 Å². The van der Waals surface area contributed by atoms with Crippen molar-refractivity contribution in [2.24, 2.45) is 0 Å². The van der Waals surface area contributed by atoms with Crippen molar-refractivity contribution >= 4 is 29.0 Å². The minimum Gasteiger partial charge on any atom is -0.392 e. The Morgan fingerprint density at radius 3 is 2.67 bits per heavy atom. The Morgan fingerprint density at radius 2 is 1.93 bits per heavy atom. The second kappa shape index (κ2) is 7.94. The molecule has 1 aliphatic heterocycles. The van der Waals surface area contributed by atoms with E-state index in [2.05, 4.69) is 10.3 Å². The van der Waals surface area contributed by atoms with Crippen LogP contribution < -0.4 is 15.1 Å². The molecule has 0 saturated carbocycles. The number of carbonyl (C=O) groups is 2. The number of amides is 3. The van der Waals surface area contributed by atoms with Crippen molar-refractivity contribution in [1.29, 1.82) is 0 Å². The Bertz CT molecular complexity index is 1100. The number of nitrogens with one attached hydrogen (secondary N) is 1. The lowest BCUT2D eigenvalue weighted by atomic mass is 10.0. The van der Waals surface area contributed by atoms with Gasteiger partial charge in [-0.15, -0.1) is 0 Å². The van der Waals surface area contributed by atoms with Crippen molar-refractivity contribution in [3.05, 3.63) is 83.7 Å². The van der Waals surface area contributed by atoms with Gasteiger partial charge in [0.1, 0.15) is 0 Å². The van der Waals surface area contributed by atoms with Crippen LogP contribution in [-0.2, 0) is 6.61 Å². The van der Waals surface area contributed by atoms with Crippen LogP contribution >= 0.6 is 0 Å². The summed E-state index contributed by atoms with van der Waals surface area (Å²) in [6.07, 6.45) is 1.47. The van der Waals surface area contributed by atoms with Gasteiger partial charge in [-0.05, 0) is 29.8 Å². The molecule has 0 fully saturated rings. The summed E-state index contributed by atoms with van der Waals surface area (Å²) in [7, 11) is 1.65. The minimum atomic E-state index is -1.34.